The van der Waals surface area contributed by atoms with Crippen molar-refractivity contribution in [2.45, 2.75) is 33.4 Å². The molecule has 182 valence electrons. The number of para-hydroxylation sites is 1. The molecule has 1 amide bonds. The fourth-order valence-electron chi connectivity index (χ4n) is 4.05. The van der Waals surface area contributed by atoms with Crippen molar-refractivity contribution < 1.29 is 18.7 Å². The van der Waals surface area contributed by atoms with Gasteiger partial charge in [-0.2, -0.15) is 5.10 Å². The van der Waals surface area contributed by atoms with Crippen molar-refractivity contribution in [1.82, 2.24) is 20.1 Å². The highest BCUT2D eigenvalue weighted by atomic mass is 35.5. The minimum absolute atomic E-state index is 0.0285. The van der Waals surface area contributed by atoms with E-state index in [2.05, 4.69) is 15.4 Å². The summed E-state index contributed by atoms with van der Waals surface area (Å²) in [5, 5.41) is 8.34. The van der Waals surface area contributed by atoms with E-state index in [9.17, 15) is 9.18 Å². The molecule has 1 atom stereocenters. The van der Waals surface area contributed by atoms with Crippen LogP contribution < -0.4 is 10.1 Å². The van der Waals surface area contributed by atoms with E-state index in [1.165, 1.54) is 18.0 Å². The number of nitrogens with one attached hydrogen (secondary N) is 1. The lowest BCUT2D eigenvalue weighted by Gasteiger charge is -2.21. The molecule has 0 unspecified atom stereocenters. The van der Waals surface area contributed by atoms with Crippen LogP contribution in [0, 0.1) is 19.7 Å². The zero-order valence-corrected chi connectivity index (χ0v) is 20.7. The SMILES string of the molecule is COCC(=O)N[C@@H](C)c1cc(C)cc(Cl)c1COc1cccc2c(-n3cc(F)cn3)cc(C)nc12. The van der Waals surface area contributed by atoms with Gasteiger partial charge in [0.15, 0.2) is 5.82 Å². The van der Waals surface area contributed by atoms with Gasteiger partial charge in [0.1, 0.15) is 24.5 Å². The Bertz CT molecular complexity index is 1390. The van der Waals surface area contributed by atoms with E-state index in [4.69, 9.17) is 21.1 Å². The van der Waals surface area contributed by atoms with Crippen LogP contribution in [0.5, 0.6) is 5.75 Å². The van der Waals surface area contributed by atoms with Crippen molar-refractivity contribution in [3.8, 4) is 11.4 Å². The molecule has 7 nitrogen and oxygen atoms in total. The summed E-state index contributed by atoms with van der Waals surface area (Å²) in [6.45, 7) is 5.83. The van der Waals surface area contributed by atoms with E-state index < -0.39 is 5.82 Å². The summed E-state index contributed by atoms with van der Waals surface area (Å²) >= 11 is 6.61. The number of carbonyl (C=O) groups is 1. The maximum absolute atomic E-state index is 13.6. The third-order valence-corrected chi connectivity index (χ3v) is 5.91. The van der Waals surface area contributed by atoms with Crippen molar-refractivity contribution in [3.05, 3.63) is 82.0 Å². The van der Waals surface area contributed by atoms with Crippen molar-refractivity contribution in [2.75, 3.05) is 13.7 Å². The van der Waals surface area contributed by atoms with Crippen LogP contribution in [0.4, 0.5) is 4.39 Å². The Labute approximate surface area is 207 Å². The van der Waals surface area contributed by atoms with Crippen molar-refractivity contribution in [3.63, 3.8) is 0 Å². The van der Waals surface area contributed by atoms with E-state index in [1.54, 1.807) is 0 Å². The molecule has 0 aliphatic rings. The molecule has 2 aromatic carbocycles. The second-order valence-corrected chi connectivity index (χ2v) is 8.77. The van der Waals surface area contributed by atoms with Gasteiger partial charge in [-0.25, -0.2) is 14.1 Å². The van der Waals surface area contributed by atoms with E-state index in [-0.39, 0.29) is 25.2 Å². The first kappa shape index (κ1) is 24.6. The average Bonchev–Trinajstić information content (AvgIpc) is 3.23. The summed E-state index contributed by atoms with van der Waals surface area (Å²) in [6.07, 6.45) is 2.48. The second kappa shape index (κ2) is 10.4. The van der Waals surface area contributed by atoms with E-state index in [0.29, 0.717) is 22.0 Å². The smallest absolute Gasteiger partial charge is 0.246 e. The topological polar surface area (TPSA) is 78.3 Å². The number of aromatic nitrogens is 3. The monoisotopic (exact) mass is 496 g/mol. The Morgan fingerprint density at radius 2 is 2.06 bits per heavy atom. The molecule has 4 rings (SSSR count). The zero-order valence-electron chi connectivity index (χ0n) is 19.9. The third-order valence-electron chi connectivity index (χ3n) is 5.57. The summed E-state index contributed by atoms with van der Waals surface area (Å²) in [5.74, 6) is -0.0900. The van der Waals surface area contributed by atoms with E-state index in [1.807, 2.05) is 57.2 Å². The number of fused-ring (bicyclic) bond motifs is 1. The predicted molar refractivity (Wildman–Crippen MR) is 133 cm³/mol. The normalized spacial score (nSPS) is 12.1. The fraction of sp³-hybridized carbons (Fsp3) is 0.269. The van der Waals surface area contributed by atoms with Crippen LogP contribution in [0.2, 0.25) is 5.02 Å². The maximum Gasteiger partial charge on any atom is 0.246 e. The third kappa shape index (κ3) is 5.44. The number of ether oxygens (including phenoxy) is 2. The van der Waals surface area contributed by atoms with Gasteiger partial charge in [0.25, 0.3) is 0 Å². The standard InChI is InChI=1S/C26H26ClFN4O3/c1-15-8-20(17(3)31-25(33)14-34-4)21(22(27)9-15)13-35-24-7-5-6-19-23(10-16(2)30-26(19)24)32-12-18(28)11-29-32/h5-12,17H,13-14H2,1-4H3,(H,31,33)/t17-/m0/s1. The molecule has 0 aliphatic carbocycles. The Morgan fingerprint density at radius 1 is 1.26 bits per heavy atom. The molecule has 0 spiro atoms. The predicted octanol–water partition coefficient (Wildman–Crippen LogP) is 5.23. The molecule has 0 radical (unpaired) electrons. The Balaban J connectivity index is 1.69. The number of nitrogens with zero attached hydrogens (tertiary/aromatic N) is 3. The van der Waals surface area contributed by atoms with Gasteiger partial charge in [-0.1, -0.05) is 29.8 Å². The summed E-state index contributed by atoms with van der Waals surface area (Å²) < 4.78 is 26.3. The molecular formula is C26H26ClFN4O3. The summed E-state index contributed by atoms with van der Waals surface area (Å²) in [7, 11) is 1.47. The summed E-state index contributed by atoms with van der Waals surface area (Å²) in [5.41, 5.74) is 4.66. The average molecular weight is 497 g/mol. The van der Waals surface area contributed by atoms with Crippen LogP contribution in [-0.2, 0) is 16.1 Å². The number of amides is 1. The molecule has 0 saturated carbocycles. The van der Waals surface area contributed by atoms with Gasteiger partial charge in [0.2, 0.25) is 5.91 Å². The van der Waals surface area contributed by atoms with Gasteiger partial charge in [0, 0.05) is 28.8 Å². The molecule has 0 bridgehead atoms. The van der Waals surface area contributed by atoms with Gasteiger partial charge in [-0.3, -0.25) is 4.79 Å². The van der Waals surface area contributed by atoms with Crippen molar-refractivity contribution >= 4 is 28.4 Å². The van der Waals surface area contributed by atoms with Crippen LogP contribution in [-0.4, -0.2) is 34.4 Å². The maximum atomic E-state index is 13.6. The number of hydrogen-bond acceptors (Lipinski definition) is 5. The van der Waals surface area contributed by atoms with Crippen LogP contribution in [0.15, 0.2) is 48.8 Å². The number of rotatable bonds is 8. The number of hydrogen-bond donors (Lipinski definition) is 1. The van der Waals surface area contributed by atoms with E-state index >= 15 is 0 Å². The lowest BCUT2D eigenvalue weighted by atomic mass is 9.99. The number of benzene rings is 2. The first-order valence-corrected chi connectivity index (χ1v) is 11.5. The van der Waals surface area contributed by atoms with Gasteiger partial charge < -0.3 is 14.8 Å². The first-order valence-electron chi connectivity index (χ1n) is 11.1. The number of methoxy groups -OCH3 is 1. The van der Waals surface area contributed by atoms with E-state index in [0.717, 1.165) is 34.0 Å². The van der Waals surface area contributed by atoms with Crippen molar-refractivity contribution in [1.29, 1.82) is 0 Å². The van der Waals surface area contributed by atoms with Crippen molar-refractivity contribution in [2.24, 2.45) is 0 Å². The van der Waals surface area contributed by atoms with Crippen LogP contribution >= 0.6 is 11.6 Å². The second-order valence-electron chi connectivity index (χ2n) is 8.36. The molecule has 1 N–H and O–H groups in total. The summed E-state index contributed by atoms with van der Waals surface area (Å²) in [4.78, 5) is 16.7. The molecular weight excluding hydrogens is 471 g/mol. The lowest BCUT2D eigenvalue weighted by Crippen LogP contribution is -2.30. The lowest BCUT2D eigenvalue weighted by molar-refractivity contribution is -0.125. The highest BCUT2D eigenvalue weighted by molar-refractivity contribution is 6.31. The molecule has 0 fully saturated rings. The number of aryl methyl sites for hydroxylation is 2. The largest absolute Gasteiger partial charge is 0.487 e. The Kier molecular flexibility index (Phi) is 7.33. The highest BCUT2D eigenvalue weighted by Crippen LogP contribution is 2.32. The Morgan fingerprint density at radius 3 is 2.77 bits per heavy atom. The minimum atomic E-state index is -0.423. The Hall–Kier alpha value is -3.49. The molecule has 0 aliphatic heterocycles. The van der Waals surface area contributed by atoms with Gasteiger partial charge in [-0.15, -0.1) is 0 Å². The summed E-state index contributed by atoms with van der Waals surface area (Å²) in [6, 6.07) is 11.0. The van der Waals surface area contributed by atoms with Crippen LogP contribution in [0.1, 0.15) is 35.3 Å². The highest BCUT2D eigenvalue weighted by Gasteiger charge is 2.18. The number of carbonyl (C=O) groups excluding carboxylic acids is 1. The van der Waals surface area contributed by atoms with Gasteiger partial charge in [0.05, 0.1) is 24.1 Å². The molecule has 2 heterocycles. The molecule has 35 heavy (non-hydrogen) atoms. The quantitative estimate of drug-likeness (QED) is 0.361. The van der Waals surface area contributed by atoms with Gasteiger partial charge in [-0.05, 0) is 50.1 Å². The number of pyridine rings is 1. The fourth-order valence-corrected chi connectivity index (χ4v) is 4.38. The molecule has 0 saturated heterocycles. The zero-order chi connectivity index (χ0) is 25.1. The minimum Gasteiger partial charge on any atom is -0.487 e. The first-order chi connectivity index (χ1) is 16.8. The molecule has 4 aromatic rings. The van der Waals surface area contributed by atoms with Crippen LogP contribution in [0.3, 0.4) is 0 Å². The van der Waals surface area contributed by atoms with Crippen LogP contribution in [0.25, 0.3) is 16.6 Å². The molecule has 9 heteroatoms. The molecule has 2 aromatic heterocycles. The number of halogens is 2. The van der Waals surface area contributed by atoms with Gasteiger partial charge >= 0.3 is 0 Å².